The minimum Gasteiger partial charge on any atom is -0.384 e. The van der Waals surface area contributed by atoms with E-state index in [-0.39, 0.29) is 11.0 Å². The van der Waals surface area contributed by atoms with Gasteiger partial charge in [0.05, 0.1) is 0 Å². The smallest absolute Gasteiger partial charge is 0.0491 e. The third kappa shape index (κ3) is 4.23. The lowest BCUT2D eigenvalue weighted by Gasteiger charge is -2.44. The van der Waals surface area contributed by atoms with E-state index in [1.807, 2.05) is 0 Å². The minimum atomic E-state index is -0.129. The number of likely N-dealkylation sites (tertiary alicyclic amines) is 1. The Morgan fingerprint density at radius 3 is 2.12 bits per heavy atom. The Bertz CT molecular complexity index is 225. The molecule has 0 saturated carbocycles. The lowest BCUT2D eigenvalue weighted by Crippen LogP contribution is -2.54. The van der Waals surface area contributed by atoms with Crippen LogP contribution >= 0.6 is 0 Å². The Morgan fingerprint density at radius 1 is 1.18 bits per heavy atom. The van der Waals surface area contributed by atoms with Gasteiger partial charge in [0.25, 0.3) is 0 Å². The fourth-order valence-electron chi connectivity index (χ4n) is 2.31. The Balaban J connectivity index is 2.40. The standard InChI is InChI=1S/C14H30N2O/c1-13(2,14(3,4)15)11-16-8-6-12(7-9-16)10-17-5/h12H,6-11,15H2,1-5H3. The predicted octanol–water partition coefficient (Wildman–Crippen LogP) is 2.11. The van der Waals surface area contributed by atoms with Crippen molar-refractivity contribution in [3.8, 4) is 0 Å². The van der Waals surface area contributed by atoms with Crippen LogP contribution in [-0.4, -0.2) is 43.8 Å². The highest BCUT2D eigenvalue weighted by Gasteiger charge is 2.35. The van der Waals surface area contributed by atoms with Crippen LogP contribution in [0.5, 0.6) is 0 Å². The lowest BCUT2D eigenvalue weighted by atomic mass is 9.74. The Kier molecular flexibility index (Phi) is 4.99. The lowest BCUT2D eigenvalue weighted by molar-refractivity contribution is 0.0617. The van der Waals surface area contributed by atoms with Crippen molar-refractivity contribution in [2.24, 2.45) is 17.1 Å². The van der Waals surface area contributed by atoms with Gasteiger partial charge in [-0.1, -0.05) is 13.8 Å². The van der Waals surface area contributed by atoms with Gasteiger partial charge in [-0.15, -0.1) is 0 Å². The molecule has 0 spiro atoms. The van der Waals surface area contributed by atoms with Crippen LogP contribution in [0.1, 0.15) is 40.5 Å². The molecule has 1 aliphatic heterocycles. The Morgan fingerprint density at radius 2 is 1.71 bits per heavy atom. The van der Waals surface area contributed by atoms with E-state index in [2.05, 4.69) is 32.6 Å². The van der Waals surface area contributed by atoms with Crippen molar-refractivity contribution in [3.05, 3.63) is 0 Å². The van der Waals surface area contributed by atoms with Crippen molar-refractivity contribution in [2.75, 3.05) is 33.4 Å². The second kappa shape index (κ2) is 5.68. The molecule has 0 atom stereocenters. The minimum absolute atomic E-state index is 0.129. The van der Waals surface area contributed by atoms with Gasteiger partial charge in [0, 0.05) is 25.8 Å². The zero-order chi connectivity index (χ0) is 13.1. The normalized spacial score (nSPS) is 20.8. The van der Waals surface area contributed by atoms with Crippen LogP contribution in [0.4, 0.5) is 0 Å². The quantitative estimate of drug-likeness (QED) is 0.802. The molecule has 0 aromatic heterocycles. The summed E-state index contributed by atoms with van der Waals surface area (Å²) < 4.78 is 5.23. The summed E-state index contributed by atoms with van der Waals surface area (Å²) in [6.07, 6.45) is 2.52. The van der Waals surface area contributed by atoms with Crippen LogP contribution in [0.15, 0.2) is 0 Å². The van der Waals surface area contributed by atoms with Gasteiger partial charge in [0.15, 0.2) is 0 Å². The van der Waals surface area contributed by atoms with Crippen LogP contribution in [0.3, 0.4) is 0 Å². The second-order valence-electron chi connectivity index (χ2n) is 6.78. The van der Waals surface area contributed by atoms with Crippen molar-refractivity contribution in [3.63, 3.8) is 0 Å². The average molecular weight is 242 g/mol. The zero-order valence-corrected chi connectivity index (χ0v) is 12.3. The first-order valence-electron chi connectivity index (χ1n) is 6.76. The number of hydrogen-bond acceptors (Lipinski definition) is 3. The molecule has 1 rings (SSSR count). The zero-order valence-electron chi connectivity index (χ0n) is 12.3. The van der Waals surface area contributed by atoms with E-state index in [1.54, 1.807) is 7.11 Å². The van der Waals surface area contributed by atoms with E-state index in [0.717, 1.165) is 19.1 Å². The number of nitrogens with two attached hydrogens (primary N) is 1. The number of piperidine rings is 1. The van der Waals surface area contributed by atoms with Gasteiger partial charge < -0.3 is 15.4 Å². The molecule has 102 valence electrons. The van der Waals surface area contributed by atoms with Gasteiger partial charge in [0.1, 0.15) is 0 Å². The first-order valence-corrected chi connectivity index (χ1v) is 6.76. The fraction of sp³-hybridized carbons (Fsp3) is 1.00. The summed E-state index contributed by atoms with van der Waals surface area (Å²) in [6, 6.07) is 0. The molecule has 0 aromatic carbocycles. The summed E-state index contributed by atoms with van der Waals surface area (Å²) in [4.78, 5) is 2.56. The SMILES string of the molecule is COCC1CCN(CC(C)(C)C(C)(C)N)CC1. The highest BCUT2D eigenvalue weighted by molar-refractivity contribution is 4.92. The molecule has 0 aromatic rings. The van der Waals surface area contributed by atoms with Gasteiger partial charge in [0.2, 0.25) is 0 Å². The van der Waals surface area contributed by atoms with Gasteiger partial charge in [-0.3, -0.25) is 0 Å². The van der Waals surface area contributed by atoms with Crippen molar-refractivity contribution >= 4 is 0 Å². The molecule has 2 N–H and O–H groups in total. The molecule has 0 aliphatic carbocycles. The maximum absolute atomic E-state index is 6.26. The summed E-state index contributed by atoms with van der Waals surface area (Å²) >= 11 is 0. The second-order valence-corrected chi connectivity index (χ2v) is 6.78. The van der Waals surface area contributed by atoms with E-state index in [0.29, 0.717) is 0 Å². The average Bonchev–Trinajstić information content (AvgIpc) is 2.19. The summed E-state index contributed by atoms with van der Waals surface area (Å²) in [5, 5.41) is 0. The molecule has 1 fully saturated rings. The van der Waals surface area contributed by atoms with Crippen molar-refractivity contribution in [1.29, 1.82) is 0 Å². The molecule has 0 bridgehead atoms. The molecule has 0 radical (unpaired) electrons. The van der Waals surface area contributed by atoms with Crippen molar-refractivity contribution in [2.45, 2.75) is 46.1 Å². The fourth-order valence-corrected chi connectivity index (χ4v) is 2.31. The maximum atomic E-state index is 6.26. The summed E-state index contributed by atoms with van der Waals surface area (Å²) in [6.45, 7) is 13.2. The Hall–Kier alpha value is -0.120. The molecule has 0 amide bonds. The third-order valence-corrected chi connectivity index (χ3v) is 4.47. The molecular weight excluding hydrogens is 212 g/mol. The van der Waals surface area contributed by atoms with Gasteiger partial charge in [-0.2, -0.15) is 0 Å². The highest BCUT2D eigenvalue weighted by Crippen LogP contribution is 2.30. The third-order valence-electron chi connectivity index (χ3n) is 4.47. The van der Waals surface area contributed by atoms with Crippen LogP contribution in [0.25, 0.3) is 0 Å². The van der Waals surface area contributed by atoms with Gasteiger partial charge >= 0.3 is 0 Å². The predicted molar refractivity (Wildman–Crippen MR) is 73.1 cm³/mol. The van der Waals surface area contributed by atoms with E-state index >= 15 is 0 Å². The monoisotopic (exact) mass is 242 g/mol. The first kappa shape index (κ1) is 14.9. The molecule has 1 heterocycles. The molecule has 1 aliphatic rings. The molecule has 1 saturated heterocycles. The topological polar surface area (TPSA) is 38.5 Å². The highest BCUT2D eigenvalue weighted by atomic mass is 16.5. The molecule has 3 heteroatoms. The van der Waals surface area contributed by atoms with E-state index in [4.69, 9.17) is 10.5 Å². The van der Waals surface area contributed by atoms with Crippen LogP contribution in [0.2, 0.25) is 0 Å². The number of rotatable bonds is 5. The first-order chi connectivity index (χ1) is 7.76. The molecule has 0 unspecified atom stereocenters. The van der Waals surface area contributed by atoms with Crippen molar-refractivity contribution < 1.29 is 4.74 Å². The number of hydrogen-bond donors (Lipinski definition) is 1. The largest absolute Gasteiger partial charge is 0.384 e. The molecular formula is C14H30N2O. The Labute approximate surface area is 107 Å². The summed E-state index contributed by atoms with van der Waals surface area (Å²) in [5.41, 5.74) is 6.28. The van der Waals surface area contributed by atoms with Crippen LogP contribution < -0.4 is 5.73 Å². The van der Waals surface area contributed by atoms with Crippen molar-refractivity contribution in [1.82, 2.24) is 4.90 Å². The number of ether oxygens (including phenoxy) is 1. The summed E-state index contributed by atoms with van der Waals surface area (Å²) in [5.74, 6) is 0.755. The summed E-state index contributed by atoms with van der Waals surface area (Å²) in [7, 11) is 1.80. The van der Waals surface area contributed by atoms with E-state index in [9.17, 15) is 0 Å². The van der Waals surface area contributed by atoms with Crippen LogP contribution in [-0.2, 0) is 4.74 Å². The number of nitrogens with zero attached hydrogens (tertiary/aromatic N) is 1. The van der Waals surface area contributed by atoms with E-state index < -0.39 is 0 Å². The molecule has 3 nitrogen and oxygen atoms in total. The number of methoxy groups -OCH3 is 1. The van der Waals surface area contributed by atoms with Crippen LogP contribution in [0, 0.1) is 11.3 Å². The maximum Gasteiger partial charge on any atom is 0.0491 e. The van der Waals surface area contributed by atoms with E-state index in [1.165, 1.54) is 25.9 Å². The molecule has 17 heavy (non-hydrogen) atoms. The van der Waals surface area contributed by atoms with Gasteiger partial charge in [-0.05, 0) is 51.1 Å². The van der Waals surface area contributed by atoms with Gasteiger partial charge in [-0.25, -0.2) is 0 Å².